The molecular weight excluding hydrogens is 430 g/mol. The van der Waals surface area contributed by atoms with Crippen LogP contribution in [0.4, 0.5) is 0 Å². The Morgan fingerprint density at radius 2 is 1.74 bits per heavy atom. The van der Waals surface area contributed by atoms with Crippen molar-refractivity contribution < 1.29 is 38.0 Å². The largest absolute Gasteiger partial charge is 0.493 e. The van der Waals surface area contributed by atoms with E-state index in [1.54, 1.807) is 12.1 Å². The maximum absolute atomic E-state index is 12.6. The third-order valence-corrected chi connectivity index (χ3v) is 4.57. The maximum Gasteiger partial charge on any atom is 0.338 e. The molecule has 0 aliphatic carbocycles. The summed E-state index contributed by atoms with van der Waals surface area (Å²) in [6.07, 6.45) is 0.748. The Morgan fingerprint density at radius 1 is 1.06 bits per heavy atom. The standard InChI is InChI=1S/C21H22ClNO8/c1-26-15-8-13(9-16(27-2)20(15)30-11-18(23)24)21(25)31-10-12-6-14(22)19-17(7-12)28-4-3-5-29-19/h6-9H,3-5,10-11H2,1-2H3,(H2,23,24). The van der Waals surface area contributed by atoms with E-state index in [2.05, 4.69) is 0 Å². The molecule has 1 aliphatic heterocycles. The molecular formula is C21H22ClNO8. The lowest BCUT2D eigenvalue weighted by atomic mass is 10.1. The Balaban J connectivity index is 1.77. The first-order chi connectivity index (χ1) is 14.9. The molecule has 0 unspecified atom stereocenters. The van der Waals surface area contributed by atoms with Crippen LogP contribution in [0.1, 0.15) is 22.3 Å². The molecule has 0 spiro atoms. The first-order valence-electron chi connectivity index (χ1n) is 9.35. The predicted molar refractivity (Wildman–Crippen MR) is 110 cm³/mol. The molecule has 2 aromatic carbocycles. The number of esters is 1. The van der Waals surface area contributed by atoms with Gasteiger partial charge in [-0.25, -0.2) is 4.79 Å². The molecule has 0 bridgehead atoms. The van der Waals surface area contributed by atoms with Gasteiger partial charge in [-0.2, -0.15) is 0 Å². The zero-order chi connectivity index (χ0) is 22.4. The second-order valence-corrected chi connectivity index (χ2v) is 6.90. The SMILES string of the molecule is COc1cc(C(=O)OCc2cc(Cl)c3c(c2)OCCCO3)cc(OC)c1OCC(N)=O. The molecule has 2 aromatic rings. The van der Waals surface area contributed by atoms with Gasteiger partial charge in [-0.15, -0.1) is 0 Å². The van der Waals surface area contributed by atoms with E-state index in [4.69, 9.17) is 45.8 Å². The molecule has 10 heteroatoms. The van der Waals surface area contributed by atoms with Crippen molar-refractivity contribution in [1.82, 2.24) is 0 Å². The lowest BCUT2D eigenvalue weighted by Gasteiger charge is -2.15. The van der Waals surface area contributed by atoms with Gasteiger partial charge in [0, 0.05) is 6.42 Å². The normalized spacial score (nSPS) is 12.5. The van der Waals surface area contributed by atoms with Crippen molar-refractivity contribution in [3.63, 3.8) is 0 Å². The molecule has 31 heavy (non-hydrogen) atoms. The molecule has 166 valence electrons. The van der Waals surface area contributed by atoms with E-state index in [9.17, 15) is 9.59 Å². The lowest BCUT2D eigenvalue weighted by molar-refractivity contribution is -0.120. The zero-order valence-electron chi connectivity index (χ0n) is 17.1. The van der Waals surface area contributed by atoms with E-state index in [0.29, 0.717) is 35.3 Å². The van der Waals surface area contributed by atoms with Gasteiger partial charge in [0.2, 0.25) is 5.75 Å². The van der Waals surface area contributed by atoms with E-state index in [-0.39, 0.29) is 36.0 Å². The molecule has 1 amide bonds. The molecule has 1 heterocycles. The van der Waals surface area contributed by atoms with Gasteiger partial charge in [0.15, 0.2) is 29.6 Å². The van der Waals surface area contributed by atoms with Crippen molar-refractivity contribution >= 4 is 23.5 Å². The van der Waals surface area contributed by atoms with E-state index in [1.807, 2.05) is 0 Å². The summed E-state index contributed by atoms with van der Waals surface area (Å²) in [5.41, 5.74) is 5.92. The molecule has 0 aromatic heterocycles. The van der Waals surface area contributed by atoms with Crippen LogP contribution in [-0.4, -0.2) is 45.9 Å². The monoisotopic (exact) mass is 451 g/mol. The third kappa shape index (κ3) is 5.43. The van der Waals surface area contributed by atoms with Crippen LogP contribution >= 0.6 is 11.6 Å². The minimum atomic E-state index is -0.665. The van der Waals surface area contributed by atoms with Crippen molar-refractivity contribution in [2.75, 3.05) is 34.0 Å². The summed E-state index contributed by atoms with van der Waals surface area (Å²) in [6, 6.07) is 6.22. The number of nitrogens with two attached hydrogens (primary N) is 1. The highest BCUT2D eigenvalue weighted by Crippen LogP contribution is 2.40. The summed E-state index contributed by atoms with van der Waals surface area (Å²) in [6.45, 7) is 0.612. The van der Waals surface area contributed by atoms with Crippen LogP contribution in [0.15, 0.2) is 24.3 Å². The number of hydrogen-bond acceptors (Lipinski definition) is 8. The van der Waals surface area contributed by atoms with Gasteiger partial charge in [0.25, 0.3) is 5.91 Å². The number of methoxy groups -OCH3 is 2. The molecule has 1 aliphatic rings. The number of rotatable bonds is 8. The van der Waals surface area contributed by atoms with E-state index in [0.717, 1.165) is 6.42 Å². The number of primary amides is 1. The maximum atomic E-state index is 12.6. The number of amides is 1. The molecule has 0 fully saturated rings. The highest BCUT2D eigenvalue weighted by Gasteiger charge is 2.20. The third-order valence-electron chi connectivity index (χ3n) is 4.29. The van der Waals surface area contributed by atoms with Crippen LogP contribution in [0.5, 0.6) is 28.7 Å². The van der Waals surface area contributed by atoms with Crippen LogP contribution in [0.3, 0.4) is 0 Å². The Kier molecular flexibility index (Phi) is 7.30. The summed E-state index contributed by atoms with van der Waals surface area (Å²) >= 11 is 6.28. The molecule has 0 saturated heterocycles. The van der Waals surface area contributed by atoms with Gasteiger partial charge in [-0.3, -0.25) is 4.79 Å². The molecule has 3 rings (SSSR count). The minimum absolute atomic E-state index is 0.0419. The van der Waals surface area contributed by atoms with Gasteiger partial charge in [0.1, 0.15) is 6.61 Å². The van der Waals surface area contributed by atoms with Gasteiger partial charge >= 0.3 is 5.97 Å². The topological polar surface area (TPSA) is 116 Å². The number of halogens is 1. The van der Waals surface area contributed by atoms with Crippen LogP contribution in [0, 0.1) is 0 Å². The molecule has 0 radical (unpaired) electrons. The quantitative estimate of drug-likeness (QED) is 0.609. The Hall–Kier alpha value is -3.33. The van der Waals surface area contributed by atoms with Crippen molar-refractivity contribution in [2.24, 2.45) is 5.73 Å². The van der Waals surface area contributed by atoms with Gasteiger partial charge in [0.05, 0.1) is 38.0 Å². The second kappa shape index (κ2) is 10.1. The fraction of sp³-hybridized carbons (Fsp3) is 0.333. The number of carbonyl (C=O) groups is 2. The minimum Gasteiger partial charge on any atom is -0.493 e. The van der Waals surface area contributed by atoms with Crippen LogP contribution in [0.2, 0.25) is 5.02 Å². The van der Waals surface area contributed by atoms with Gasteiger partial charge < -0.3 is 34.2 Å². The summed E-state index contributed by atoms with van der Waals surface area (Å²) in [5, 5.41) is 0.379. The molecule has 9 nitrogen and oxygen atoms in total. The highest BCUT2D eigenvalue weighted by molar-refractivity contribution is 6.32. The number of ether oxygens (including phenoxy) is 6. The Labute approximate surface area is 183 Å². The van der Waals surface area contributed by atoms with Crippen molar-refractivity contribution in [1.29, 1.82) is 0 Å². The van der Waals surface area contributed by atoms with Crippen LogP contribution < -0.4 is 29.4 Å². The number of hydrogen-bond donors (Lipinski definition) is 1. The van der Waals surface area contributed by atoms with E-state index < -0.39 is 11.9 Å². The summed E-state index contributed by atoms with van der Waals surface area (Å²) in [5.74, 6) is 0.223. The van der Waals surface area contributed by atoms with Crippen molar-refractivity contribution in [2.45, 2.75) is 13.0 Å². The van der Waals surface area contributed by atoms with E-state index >= 15 is 0 Å². The van der Waals surface area contributed by atoms with Gasteiger partial charge in [-0.1, -0.05) is 11.6 Å². The summed E-state index contributed by atoms with van der Waals surface area (Å²) in [4.78, 5) is 23.6. The Bertz CT molecular complexity index is 953. The number of carbonyl (C=O) groups excluding carboxylic acids is 2. The fourth-order valence-corrected chi connectivity index (χ4v) is 3.17. The van der Waals surface area contributed by atoms with Gasteiger partial charge in [-0.05, 0) is 29.8 Å². The Morgan fingerprint density at radius 3 is 2.39 bits per heavy atom. The fourth-order valence-electron chi connectivity index (χ4n) is 2.88. The predicted octanol–water partition coefficient (Wildman–Crippen LogP) is 2.74. The van der Waals surface area contributed by atoms with Crippen LogP contribution in [0.25, 0.3) is 0 Å². The summed E-state index contributed by atoms with van der Waals surface area (Å²) < 4.78 is 32.5. The molecule has 2 N–H and O–H groups in total. The van der Waals surface area contributed by atoms with Crippen LogP contribution in [-0.2, 0) is 16.1 Å². The lowest BCUT2D eigenvalue weighted by Crippen LogP contribution is -2.20. The summed E-state index contributed by atoms with van der Waals surface area (Å²) in [7, 11) is 2.78. The average molecular weight is 452 g/mol. The van der Waals surface area contributed by atoms with Crippen molar-refractivity contribution in [3.05, 3.63) is 40.4 Å². The van der Waals surface area contributed by atoms with E-state index in [1.165, 1.54) is 26.4 Å². The van der Waals surface area contributed by atoms with Crippen molar-refractivity contribution in [3.8, 4) is 28.7 Å². The highest BCUT2D eigenvalue weighted by atomic mass is 35.5. The number of fused-ring (bicyclic) bond motifs is 1. The first-order valence-corrected chi connectivity index (χ1v) is 9.73. The number of benzene rings is 2. The first kappa shape index (κ1) is 22.4. The average Bonchev–Trinajstić information content (AvgIpc) is 3.01. The smallest absolute Gasteiger partial charge is 0.338 e. The molecule has 0 saturated carbocycles. The second-order valence-electron chi connectivity index (χ2n) is 6.50. The molecule has 0 atom stereocenters. The zero-order valence-corrected chi connectivity index (χ0v) is 17.8.